The predicted molar refractivity (Wildman–Crippen MR) is 71.3 cm³/mol. The summed E-state index contributed by atoms with van der Waals surface area (Å²) in [6.45, 7) is 1.58. The first-order valence-electron chi connectivity index (χ1n) is 6.93. The molecule has 1 aliphatic heterocycles. The summed E-state index contributed by atoms with van der Waals surface area (Å²) in [6, 6.07) is 2.21. The van der Waals surface area contributed by atoms with Gasteiger partial charge < -0.3 is 15.8 Å². The van der Waals surface area contributed by atoms with Crippen molar-refractivity contribution in [2.45, 2.75) is 38.1 Å². The van der Waals surface area contributed by atoms with E-state index >= 15 is 0 Å². The minimum Gasteiger partial charge on any atom is -0.475 e. The van der Waals surface area contributed by atoms with E-state index in [0.717, 1.165) is 43.5 Å². The molecule has 5 heteroatoms. The van der Waals surface area contributed by atoms with E-state index in [1.54, 1.807) is 0 Å². The summed E-state index contributed by atoms with van der Waals surface area (Å²) in [5.74, 6) is -0.0570. The first kappa shape index (κ1) is 12.4. The van der Waals surface area contributed by atoms with Crippen LogP contribution in [0.4, 0.5) is 0 Å². The second-order valence-corrected chi connectivity index (χ2v) is 5.27. The summed E-state index contributed by atoms with van der Waals surface area (Å²) in [5.41, 5.74) is 8.03. The number of primary amides is 1. The van der Waals surface area contributed by atoms with Gasteiger partial charge in [-0.3, -0.25) is 4.79 Å². The Hall–Kier alpha value is -1.62. The van der Waals surface area contributed by atoms with Gasteiger partial charge in [0.1, 0.15) is 12.2 Å². The molecule has 0 radical (unpaired) electrons. The molecule has 2 aliphatic rings. The van der Waals surface area contributed by atoms with Gasteiger partial charge in [0.05, 0.1) is 0 Å². The summed E-state index contributed by atoms with van der Waals surface area (Å²) in [4.78, 5) is 16.0. The molecule has 3 rings (SSSR count). The average Bonchev–Trinajstić information content (AvgIpc) is 3.05. The third-order valence-electron chi connectivity index (χ3n) is 3.86. The van der Waals surface area contributed by atoms with Gasteiger partial charge in [0.2, 0.25) is 5.88 Å². The molecule has 3 N–H and O–H groups in total. The molecule has 1 saturated heterocycles. The number of hydrogen-bond donors (Lipinski definition) is 2. The Bertz CT molecular complexity index is 496. The lowest BCUT2D eigenvalue weighted by molar-refractivity contribution is 0.0994. The standard InChI is InChI=1S/C14H19N3O2/c15-13(18)11-7-9-3-1-5-12(9)17-14(11)19-8-10-4-2-6-16-10/h7,10,16H,1-6,8H2,(H2,15,18). The van der Waals surface area contributed by atoms with Crippen LogP contribution < -0.4 is 15.8 Å². The summed E-state index contributed by atoms with van der Waals surface area (Å²) < 4.78 is 5.73. The Morgan fingerprint density at radius 1 is 1.47 bits per heavy atom. The molecule has 102 valence electrons. The maximum absolute atomic E-state index is 11.5. The molecule has 0 spiro atoms. The third-order valence-corrected chi connectivity index (χ3v) is 3.86. The first-order valence-corrected chi connectivity index (χ1v) is 6.93. The van der Waals surface area contributed by atoms with Crippen molar-refractivity contribution in [3.63, 3.8) is 0 Å². The number of amides is 1. The smallest absolute Gasteiger partial charge is 0.254 e. The molecule has 19 heavy (non-hydrogen) atoms. The van der Waals surface area contributed by atoms with Gasteiger partial charge in [-0.25, -0.2) is 4.98 Å². The van der Waals surface area contributed by atoms with Crippen molar-refractivity contribution >= 4 is 5.91 Å². The van der Waals surface area contributed by atoms with Crippen molar-refractivity contribution in [3.8, 4) is 5.88 Å². The average molecular weight is 261 g/mol. The number of ether oxygens (including phenoxy) is 1. The van der Waals surface area contributed by atoms with Crippen LogP contribution in [0.1, 0.15) is 40.9 Å². The second kappa shape index (κ2) is 5.17. The first-order chi connectivity index (χ1) is 9.24. The highest BCUT2D eigenvalue weighted by Crippen LogP contribution is 2.26. The Kier molecular flexibility index (Phi) is 3.38. The lowest BCUT2D eigenvalue weighted by Crippen LogP contribution is -2.29. The Morgan fingerprint density at radius 3 is 3.11 bits per heavy atom. The van der Waals surface area contributed by atoms with Crippen LogP contribution in [-0.4, -0.2) is 30.1 Å². The van der Waals surface area contributed by atoms with E-state index in [1.807, 2.05) is 6.07 Å². The third kappa shape index (κ3) is 2.56. The van der Waals surface area contributed by atoms with Crippen LogP contribution in [0.5, 0.6) is 5.88 Å². The molecule has 0 saturated carbocycles. The molecule has 1 amide bonds. The molecule has 1 atom stereocenters. The van der Waals surface area contributed by atoms with Crippen LogP contribution in [0.15, 0.2) is 6.07 Å². The van der Waals surface area contributed by atoms with Gasteiger partial charge in [-0.1, -0.05) is 0 Å². The summed E-state index contributed by atoms with van der Waals surface area (Å²) in [5, 5.41) is 3.36. The number of carbonyl (C=O) groups excluding carboxylic acids is 1. The van der Waals surface area contributed by atoms with Gasteiger partial charge in [-0.2, -0.15) is 0 Å². The highest BCUT2D eigenvalue weighted by molar-refractivity contribution is 5.95. The monoisotopic (exact) mass is 261 g/mol. The van der Waals surface area contributed by atoms with Gasteiger partial charge in [-0.15, -0.1) is 0 Å². The predicted octanol–water partition coefficient (Wildman–Crippen LogP) is 0.800. The number of hydrogen-bond acceptors (Lipinski definition) is 4. The van der Waals surface area contributed by atoms with E-state index < -0.39 is 5.91 Å². The molecule has 1 aliphatic carbocycles. The fourth-order valence-electron chi connectivity index (χ4n) is 2.82. The molecule has 1 unspecified atom stereocenters. The zero-order chi connectivity index (χ0) is 13.2. The van der Waals surface area contributed by atoms with Crippen molar-refractivity contribution in [2.75, 3.05) is 13.2 Å². The molecule has 5 nitrogen and oxygen atoms in total. The molecule has 0 bridgehead atoms. The van der Waals surface area contributed by atoms with Gasteiger partial charge in [0.15, 0.2) is 0 Å². The van der Waals surface area contributed by atoms with E-state index in [4.69, 9.17) is 10.5 Å². The highest BCUT2D eigenvalue weighted by Gasteiger charge is 2.21. The topological polar surface area (TPSA) is 77.2 Å². The minimum absolute atomic E-state index is 0.357. The molecule has 1 aromatic rings. The Balaban J connectivity index is 1.80. The minimum atomic E-state index is -0.461. The van der Waals surface area contributed by atoms with E-state index in [2.05, 4.69) is 10.3 Å². The quantitative estimate of drug-likeness (QED) is 0.840. The summed E-state index contributed by atoms with van der Waals surface area (Å²) in [6.07, 6.45) is 5.32. The van der Waals surface area contributed by atoms with Crippen molar-refractivity contribution in [1.82, 2.24) is 10.3 Å². The number of nitrogens with two attached hydrogens (primary N) is 1. The maximum atomic E-state index is 11.5. The normalized spacial score (nSPS) is 21.4. The van der Waals surface area contributed by atoms with E-state index in [0.29, 0.717) is 24.1 Å². The number of nitrogens with zero attached hydrogens (tertiary/aromatic N) is 1. The van der Waals surface area contributed by atoms with Crippen molar-refractivity contribution < 1.29 is 9.53 Å². The van der Waals surface area contributed by atoms with E-state index in [-0.39, 0.29) is 0 Å². The van der Waals surface area contributed by atoms with Crippen LogP contribution in [0.25, 0.3) is 0 Å². The zero-order valence-electron chi connectivity index (χ0n) is 10.9. The summed E-state index contributed by atoms with van der Waals surface area (Å²) >= 11 is 0. The van der Waals surface area contributed by atoms with Crippen LogP contribution in [-0.2, 0) is 12.8 Å². The highest BCUT2D eigenvalue weighted by atomic mass is 16.5. The molecule has 1 fully saturated rings. The number of fused-ring (bicyclic) bond motifs is 1. The number of carbonyl (C=O) groups is 1. The van der Waals surface area contributed by atoms with Gasteiger partial charge in [0, 0.05) is 11.7 Å². The second-order valence-electron chi connectivity index (χ2n) is 5.27. The van der Waals surface area contributed by atoms with Crippen molar-refractivity contribution in [3.05, 3.63) is 22.9 Å². The van der Waals surface area contributed by atoms with Gasteiger partial charge in [-0.05, 0) is 50.3 Å². The van der Waals surface area contributed by atoms with Crippen molar-refractivity contribution in [2.24, 2.45) is 5.73 Å². The fourth-order valence-corrected chi connectivity index (χ4v) is 2.82. The SMILES string of the molecule is NC(=O)c1cc2c(nc1OCC1CCCN1)CCC2. The Morgan fingerprint density at radius 2 is 2.37 bits per heavy atom. The van der Waals surface area contributed by atoms with E-state index in [9.17, 15) is 4.79 Å². The maximum Gasteiger partial charge on any atom is 0.254 e. The van der Waals surface area contributed by atoms with Crippen LogP contribution in [0, 0.1) is 0 Å². The molecule has 2 heterocycles. The molecule has 1 aromatic heterocycles. The number of pyridine rings is 1. The number of rotatable bonds is 4. The largest absolute Gasteiger partial charge is 0.475 e. The van der Waals surface area contributed by atoms with Gasteiger partial charge >= 0.3 is 0 Å². The molecule has 0 aromatic carbocycles. The number of aromatic nitrogens is 1. The lowest BCUT2D eigenvalue weighted by Gasteiger charge is -2.14. The van der Waals surface area contributed by atoms with Gasteiger partial charge in [0.25, 0.3) is 5.91 Å². The molecular formula is C14H19N3O2. The Labute approximate surface area is 112 Å². The molecular weight excluding hydrogens is 242 g/mol. The lowest BCUT2D eigenvalue weighted by atomic mass is 10.1. The number of nitrogens with one attached hydrogen (secondary N) is 1. The fraction of sp³-hybridized carbons (Fsp3) is 0.571. The van der Waals surface area contributed by atoms with Crippen molar-refractivity contribution in [1.29, 1.82) is 0 Å². The van der Waals surface area contributed by atoms with Crippen LogP contribution in [0.3, 0.4) is 0 Å². The number of aryl methyl sites for hydroxylation is 2. The van der Waals surface area contributed by atoms with Crippen LogP contribution >= 0.6 is 0 Å². The van der Waals surface area contributed by atoms with Crippen LogP contribution in [0.2, 0.25) is 0 Å². The zero-order valence-corrected chi connectivity index (χ0v) is 10.9. The van der Waals surface area contributed by atoms with E-state index in [1.165, 1.54) is 6.42 Å². The summed E-state index contributed by atoms with van der Waals surface area (Å²) in [7, 11) is 0.